The molecule has 0 aromatic rings. The Morgan fingerprint density at radius 1 is 1.22 bits per heavy atom. The molecule has 9 heavy (non-hydrogen) atoms. The van der Waals surface area contributed by atoms with E-state index in [2.05, 4.69) is 5.32 Å². The van der Waals surface area contributed by atoms with Crippen LogP contribution < -0.4 is 5.32 Å². The summed E-state index contributed by atoms with van der Waals surface area (Å²) in [4.78, 5) is 10.6. The molecule has 1 aliphatic heterocycles. The van der Waals surface area contributed by atoms with Crippen LogP contribution in [0.15, 0.2) is 0 Å². The summed E-state index contributed by atoms with van der Waals surface area (Å²) >= 11 is 0. The molecule has 2 radical (unpaired) electrons. The summed E-state index contributed by atoms with van der Waals surface area (Å²) in [7, 11) is 0. The number of amides is 1. The first-order valence-corrected chi connectivity index (χ1v) is 3.16. The van der Waals surface area contributed by atoms with Gasteiger partial charge in [-0.1, -0.05) is 6.42 Å². The number of carbonyl (C=O) groups excluding carboxylic acids is 1. The molecule has 1 fully saturated rings. The average molecular weight is 322 g/mol. The molecule has 1 aliphatic rings. The summed E-state index contributed by atoms with van der Waals surface area (Å²) in [5.74, 6) is 0.225. The van der Waals surface area contributed by atoms with Crippen LogP contribution in [0, 0.1) is 0 Å². The van der Waals surface area contributed by atoms with E-state index in [-0.39, 0.29) is 33.2 Å². The van der Waals surface area contributed by atoms with Crippen molar-refractivity contribution in [1.29, 1.82) is 0 Å². The minimum atomic E-state index is 0. The fourth-order valence-electron chi connectivity index (χ4n) is 0.904. The van der Waals surface area contributed by atoms with Crippen molar-refractivity contribution in [1.82, 2.24) is 5.32 Å². The molecule has 0 atom stereocenters. The Morgan fingerprint density at radius 2 is 2.00 bits per heavy atom. The summed E-state index contributed by atoms with van der Waals surface area (Å²) in [5, 5.41) is 2.81. The molecule has 1 amide bonds. The summed E-state index contributed by atoms with van der Waals surface area (Å²) in [6.07, 6.45) is 4.18. The molecule has 1 heterocycles. The van der Waals surface area contributed by atoms with Crippen molar-refractivity contribution >= 4 is 33.2 Å². The molecule has 3 heteroatoms. The Hall–Kier alpha value is 0.392. The van der Waals surface area contributed by atoms with Gasteiger partial charge in [0.2, 0.25) is 5.91 Å². The SMILES string of the molecule is O=C1CCCCCN1.[PbH2]. The van der Waals surface area contributed by atoms with E-state index in [1.165, 1.54) is 6.42 Å². The van der Waals surface area contributed by atoms with Crippen LogP contribution in [0.25, 0.3) is 0 Å². The Morgan fingerprint density at radius 3 is 2.78 bits per heavy atom. The van der Waals surface area contributed by atoms with E-state index in [1.54, 1.807) is 0 Å². The summed E-state index contributed by atoms with van der Waals surface area (Å²) < 4.78 is 0. The zero-order valence-electron chi connectivity index (χ0n) is 5.65. The van der Waals surface area contributed by atoms with Gasteiger partial charge in [-0.25, -0.2) is 0 Å². The van der Waals surface area contributed by atoms with E-state index in [1.807, 2.05) is 0 Å². The fourth-order valence-corrected chi connectivity index (χ4v) is 0.904. The zero-order chi connectivity index (χ0) is 5.82. The number of hydrogen-bond donors (Lipinski definition) is 1. The molecule has 0 unspecified atom stereocenters. The van der Waals surface area contributed by atoms with Gasteiger partial charge in [-0.3, -0.25) is 4.79 Å². The predicted molar refractivity (Wildman–Crippen MR) is 40.0 cm³/mol. The van der Waals surface area contributed by atoms with Crippen molar-refractivity contribution in [2.24, 2.45) is 0 Å². The van der Waals surface area contributed by atoms with Crippen LogP contribution in [-0.2, 0) is 4.79 Å². The van der Waals surface area contributed by atoms with Gasteiger partial charge in [-0.05, 0) is 12.8 Å². The van der Waals surface area contributed by atoms with E-state index in [0.29, 0.717) is 0 Å². The number of rotatable bonds is 0. The average Bonchev–Trinajstić information content (AvgIpc) is 1.94. The predicted octanol–water partition coefficient (Wildman–Crippen LogP) is -0.240. The van der Waals surface area contributed by atoms with Crippen LogP contribution in [0.1, 0.15) is 25.7 Å². The van der Waals surface area contributed by atoms with E-state index >= 15 is 0 Å². The molecular weight excluding hydrogens is 309 g/mol. The molecule has 0 aromatic carbocycles. The summed E-state index contributed by atoms with van der Waals surface area (Å²) in [5.41, 5.74) is 0. The van der Waals surface area contributed by atoms with Gasteiger partial charge in [0.15, 0.2) is 0 Å². The maximum absolute atomic E-state index is 10.6. The zero-order valence-corrected chi connectivity index (χ0v) is 11.1. The molecule has 0 aromatic heterocycles. The van der Waals surface area contributed by atoms with Gasteiger partial charge in [0.1, 0.15) is 0 Å². The van der Waals surface area contributed by atoms with Gasteiger partial charge in [-0.2, -0.15) is 0 Å². The molecule has 52 valence electrons. The van der Waals surface area contributed by atoms with Crippen LogP contribution >= 0.6 is 0 Å². The Kier molecular flexibility index (Phi) is 5.42. The topological polar surface area (TPSA) is 29.1 Å². The Bertz CT molecular complexity index is 85.1. The molecule has 0 bridgehead atoms. The van der Waals surface area contributed by atoms with Crippen LogP contribution in [0.3, 0.4) is 0 Å². The van der Waals surface area contributed by atoms with Crippen molar-refractivity contribution in [3.63, 3.8) is 0 Å². The number of nitrogens with one attached hydrogen (secondary N) is 1. The third-order valence-corrected chi connectivity index (χ3v) is 1.40. The monoisotopic (exact) mass is 323 g/mol. The van der Waals surface area contributed by atoms with Gasteiger partial charge in [0, 0.05) is 13.0 Å². The van der Waals surface area contributed by atoms with E-state index < -0.39 is 0 Å². The third-order valence-electron chi connectivity index (χ3n) is 1.40. The molecule has 2 nitrogen and oxygen atoms in total. The molecule has 1 saturated heterocycles. The second kappa shape index (κ2) is 5.20. The van der Waals surface area contributed by atoms with E-state index in [0.717, 1.165) is 25.8 Å². The maximum atomic E-state index is 10.6. The van der Waals surface area contributed by atoms with Crippen molar-refractivity contribution in [3.8, 4) is 0 Å². The van der Waals surface area contributed by atoms with Gasteiger partial charge < -0.3 is 5.32 Å². The third kappa shape index (κ3) is 3.89. The Balaban J connectivity index is 0.000000640. The molecule has 1 N–H and O–H groups in total. The normalized spacial score (nSPS) is 19.3. The summed E-state index contributed by atoms with van der Waals surface area (Å²) in [6, 6.07) is 0. The van der Waals surface area contributed by atoms with Gasteiger partial charge in [0.05, 0.1) is 0 Å². The first-order valence-electron chi connectivity index (χ1n) is 3.16. The molecular formula is C6H13NOPb. The van der Waals surface area contributed by atoms with Gasteiger partial charge >= 0.3 is 27.3 Å². The quantitative estimate of drug-likeness (QED) is 0.613. The molecule has 0 saturated carbocycles. The van der Waals surface area contributed by atoms with Gasteiger partial charge in [-0.15, -0.1) is 0 Å². The number of hydrogen-bond acceptors (Lipinski definition) is 1. The Labute approximate surface area is 75.6 Å². The van der Waals surface area contributed by atoms with Crippen molar-refractivity contribution in [2.75, 3.05) is 6.54 Å². The van der Waals surface area contributed by atoms with E-state index in [9.17, 15) is 4.79 Å². The molecule has 0 aliphatic carbocycles. The molecule has 1 rings (SSSR count). The summed E-state index contributed by atoms with van der Waals surface area (Å²) in [6.45, 7) is 0.888. The standard InChI is InChI=1S/C6H11NO.Pb.2H/c8-6-4-2-1-3-5-7-6;;;/h1-5H2,(H,7,8);;;. The second-order valence-corrected chi connectivity index (χ2v) is 2.16. The van der Waals surface area contributed by atoms with Crippen LogP contribution in [0.5, 0.6) is 0 Å². The molecule has 0 spiro atoms. The first-order chi connectivity index (χ1) is 3.89. The van der Waals surface area contributed by atoms with Gasteiger partial charge in [0.25, 0.3) is 0 Å². The van der Waals surface area contributed by atoms with Crippen molar-refractivity contribution in [2.45, 2.75) is 25.7 Å². The first kappa shape index (κ1) is 9.39. The fraction of sp³-hybridized carbons (Fsp3) is 0.833. The van der Waals surface area contributed by atoms with Crippen LogP contribution in [0.2, 0.25) is 0 Å². The van der Waals surface area contributed by atoms with Crippen LogP contribution in [0.4, 0.5) is 0 Å². The second-order valence-electron chi connectivity index (χ2n) is 2.16. The van der Waals surface area contributed by atoms with Crippen molar-refractivity contribution < 1.29 is 4.79 Å². The van der Waals surface area contributed by atoms with Crippen LogP contribution in [-0.4, -0.2) is 39.8 Å². The number of carbonyl (C=O) groups is 1. The minimum absolute atomic E-state index is 0. The van der Waals surface area contributed by atoms with Crippen molar-refractivity contribution in [3.05, 3.63) is 0 Å². The van der Waals surface area contributed by atoms with E-state index in [4.69, 9.17) is 0 Å².